The number of thiol groups is 1. The van der Waals surface area contributed by atoms with Crippen molar-refractivity contribution in [1.29, 1.82) is 0 Å². The quantitative estimate of drug-likeness (QED) is 0.336. The first-order chi connectivity index (χ1) is 13.3. The van der Waals surface area contributed by atoms with Crippen LogP contribution in [0.15, 0.2) is 106 Å². The molecule has 0 amide bonds. The molecule has 5 rings (SSSR count). The lowest BCUT2D eigenvalue weighted by molar-refractivity contribution is 0.668. The topological polar surface area (TPSA) is 16.4 Å². The van der Waals surface area contributed by atoms with Crippen molar-refractivity contribution in [3.05, 3.63) is 97.1 Å². The van der Waals surface area contributed by atoms with Crippen LogP contribution in [0.25, 0.3) is 21.9 Å². The number of fused-ring (bicyclic) bond motifs is 3. The monoisotopic (exact) mass is 367 g/mol. The number of benzene rings is 4. The number of anilines is 3. The summed E-state index contributed by atoms with van der Waals surface area (Å²) in [4.78, 5) is 3.12. The van der Waals surface area contributed by atoms with Crippen LogP contribution in [0.2, 0.25) is 0 Å². The number of hydrogen-bond donors (Lipinski definition) is 1. The zero-order chi connectivity index (χ0) is 18.2. The van der Waals surface area contributed by atoms with Crippen LogP contribution in [-0.4, -0.2) is 0 Å². The number of para-hydroxylation sites is 3. The third-order valence-corrected chi connectivity index (χ3v) is 4.97. The Balaban J connectivity index is 1.88. The Morgan fingerprint density at radius 2 is 1.22 bits per heavy atom. The zero-order valence-corrected chi connectivity index (χ0v) is 15.4. The van der Waals surface area contributed by atoms with E-state index in [1.165, 1.54) is 0 Å². The van der Waals surface area contributed by atoms with E-state index in [1.807, 2.05) is 36.4 Å². The van der Waals surface area contributed by atoms with Gasteiger partial charge in [0.25, 0.3) is 0 Å². The lowest BCUT2D eigenvalue weighted by atomic mass is 10.1. The molecule has 0 saturated carbocycles. The van der Waals surface area contributed by atoms with Crippen molar-refractivity contribution in [2.75, 3.05) is 4.90 Å². The Bertz CT molecular complexity index is 1190. The molecule has 0 bridgehead atoms. The van der Waals surface area contributed by atoms with Crippen molar-refractivity contribution < 1.29 is 4.42 Å². The van der Waals surface area contributed by atoms with Crippen molar-refractivity contribution in [1.82, 2.24) is 0 Å². The van der Waals surface area contributed by atoms with E-state index in [1.54, 1.807) is 0 Å². The highest BCUT2D eigenvalue weighted by Gasteiger charge is 2.19. The van der Waals surface area contributed by atoms with Gasteiger partial charge in [-0.3, -0.25) is 0 Å². The molecule has 1 heterocycles. The summed E-state index contributed by atoms with van der Waals surface area (Å²) in [5, 5.41) is 2.20. The molecule has 5 aromatic rings. The number of furan rings is 1. The van der Waals surface area contributed by atoms with Crippen LogP contribution in [0, 0.1) is 0 Å². The molecule has 2 nitrogen and oxygen atoms in total. The minimum absolute atomic E-state index is 0.843. The van der Waals surface area contributed by atoms with E-state index < -0.39 is 0 Å². The summed E-state index contributed by atoms with van der Waals surface area (Å²) in [7, 11) is 0. The van der Waals surface area contributed by atoms with Crippen LogP contribution >= 0.6 is 12.6 Å². The lowest BCUT2D eigenvalue weighted by Gasteiger charge is -2.26. The van der Waals surface area contributed by atoms with Crippen LogP contribution in [-0.2, 0) is 0 Å². The Hall–Kier alpha value is -3.17. The second kappa shape index (κ2) is 6.53. The third kappa shape index (κ3) is 2.77. The molecule has 0 fully saturated rings. The molecule has 4 aromatic carbocycles. The van der Waals surface area contributed by atoms with Crippen molar-refractivity contribution in [3.63, 3.8) is 0 Å². The van der Waals surface area contributed by atoms with Gasteiger partial charge < -0.3 is 9.32 Å². The zero-order valence-electron chi connectivity index (χ0n) is 14.5. The molecular formula is C24H17NOS. The Morgan fingerprint density at radius 3 is 1.89 bits per heavy atom. The van der Waals surface area contributed by atoms with Crippen LogP contribution < -0.4 is 4.90 Å². The molecule has 0 N–H and O–H groups in total. The summed E-state index contributed by atoms with van der Waals surface area (Å²) in [5.74, 6) is 0. The smallest absolute Gasteiger partial charge is 0.138 e. The van der Waals surface area contributed by atoms with Gasteiger partial charge in [-0.1, -0.05) is 54.6 Å². The summed E-state index contributed by atoms with van der Waals surface area (Å²) in [6, 6.07) is 33.0. The summed E-state index contributed by atoms with van der Waals surface area (Å²) in [6.45, 7) is 0. The largest absolute Gasteiger partial charge is 0.456 e. The van der Waals surface area contributed by atoms with Gasteiger partial charge in [0.05, 0.1) is 11.1 Å². The van der Waals surface area contributed by atoms with Crippen molar-refractivity contribution in [2.45, 2.75) is 4.90 Å². The minimum atomic E-state index is 0.843. The standard InChI is InChI=1S/C24H17NOS/c27-19-15-21(24-20-13-7-8-14-22(20)26-23(24)16-19)25(17-9-3-1-4-10-17)18-11-5-2-6-12-18/h1-16,27H. The highest BCUT2D eigenvalue weighted by Crippen LogP contribution is 2.43. The van der Waals surface area contributed by atoms with Gasteiger partial charge in [0.2, 0.25) is 0 Å². The second-order valence-electron chi connectivity index (χ2n) is 6.44. The fraction of sp³-hybridized carbons (Fsp3) is 0. The van der Waals surface area contributed by atoms with Gasteiger partial charge in [0.15, 0.2) is 0 Å². The van der Waals surface area contributed by atoms with Gasteiger partial charge >= 0.3 is 0 Å². The number of rotatable bonds is 3. The van der Waals surface area contributed by atoms with Crippen LogP contribution in [0.1, 0.15) is 0 Å². The van der Waals surface area contributed by atoms with Gasteiger partial charge in [-0.2, -0.15) is 0 Å². The second-order valence-corrected chi connectivity index (χ2v) is 6.96. The van der Waals surface area contributed by atoms with Gasteiger partial charge in [-0.25, -0.2) is 0 Å². The first-order valence-electron chi connectivity index (χ1n) is 8.86. The Morgan fingerprint density at radius 1 is 0.630 bits per heavy atom. The molecule has 0 aliphatic carbocycles. The molecule has 130 valence electrons. The molecule has 0 atom stereocenters. The minimum Gasteiger partial charge on any atom is -0.456 e. The average Bonchev–Trinajstić information content (AvgIpc) is 3.08. The Kier molecular flexibility index (Phi) is 3.88. The molecular weight excluding hydrogens is 350 g/mol. The van der Waals surface area contributed by atoms with Crippen LogP contribution in [0.5, 0.6) is 0 Å². The van der Waals surface area contributed by atoms with Crippen molar-refractivity contribution in [2.24, 2.45) is 0 Å². The van der Waals surface area contributed by atoms with Gasteiger partial charge in [-0.05, 0) is 42.5 Å². The fourth-order valence-electron chi connectivity index (χ4n) is 3.58. The van der Waals surface area contributed by atoms with Crippen LogP contribution in [0.3, 0.4) is 0 Å². The predicted octanol–water partition coefficient (Wildman–Crippen LogP) is 7.34. The van der Waals surface area contributed by atoms with E-state index in [-0.39, 0.29) is 0 Å². The van der Waals surface area contributed by atoms with Crippen LogP contribution in [0.4, 0.5) is 17.1 Å². The number of nitrogens with zero attached hydrogens (tertiary/aromatic N) is 1. The van der Waals surface area contributed by atoms with Gasteiger partial charge in [0.1, 0.15) is 11.2 Å². The third-order valence-electron chi connectivity index (χ3n) is 4.71. The summed E-state index contributed by atoms with van der Waals surface area (Å²) < 4.78 is 6.12. The van der Waals surface area contributed by atoms with E-state index in [0.717, 1.165) is 43.9 Å². The van der Waals surface area contributed by atoms with Gasteiger partial charge in [0, 0.05) is 21.7 Å². The summed E-state index contributed by atoms with van der Waals surface area (Å²) in [6.07, 6.45) is 0. The van der Waals surface area contributed by atoms with E-state index >= 15 is 0 Å². The predicted molar refractivity (Wildman–Crippen MR) is 116 cm³/mol. The number of hydrogen-bond acceptors (Lipinski definition) is 3. The molecule has 0 aliphatic rings. The average molecular weight is 367 g/mol. The summed E-state index contributed by atoms with van der Waals surface area (Å²) >= 11 is 4.64. The molecule has 1 aromatic heterocycles. The molecule has 0 spiro atoms. The van der Waals surface area contributed by atoms with E-state index in [2.05, 4.69) is 78.2 Å². The SMILES string of the molecule is Sc1cc(N(c2ccccc2)c2ccccc2)c2c(c1)oc1ccccc12. The molecule has 0 radical (unpaired) electrons. The first-order valence-corrected chi connectivity index (χ1v) is 9.30. The Labute approximate surface area is 163 Å². The van der Waals surface area contributed by atoms with E-state index in [9.17, 15) is 0 Å². The lowest BCUT2D eigenvalue weighted by Crippen LogP contribution is -2.10. The maximum atomic E-state index is 6.12. The molecule has 0 unspecified atom stereocenters. The van der Waals surface area contributed by atoms with Crippen molar-refractivity contribution >= 4 is 51.6 Å². The molecule has 3 heteroatoms. The van der Waals surface area contributed by atoms with Gasteiger partial charge in [-0.15, -0.1) is 12.6 Å². The maximum Gasteiger partial charge on any atom is 0.138 e. The summed E-state index contributed by atoms with van der Waals surface area (Å²) in [5.41, 5.74) is 4.97. The molecule has 0 aliphatic heterocycles. The normalized spacial score (nSPS) is 11.1. The fourth-order valence-corrected chi connectivity index (χ4v) is 3.82. The highest BCUT2D eigenvalue weighted by atomic mass is 32.1. The molecule has 0 saturated heterocycles. The first kappa shape index (κ1) is 16.0. The van der Waals surface area contributed by atoms with E-state index in [4.69, 9.17) is 4.42 Å². The van der Waals surface area contributed by atoms with Crippen molar-refractivity contribution in [3.8, 4) is 0 Å². The van der Waals surface area contributed by atoms with E-state index in [0.29, 0.717) is 0 Å². The highest BCUT2D eigenvalue weighted by molar-refractivity contribution is 7.80. The molecule has 27 heavy (non-hydrogen) atoms. The maximum absolute atomic E-state index is 6.12.